The molecule has 4 heteroatoms. The number of carbonyl (C=O) groups is 2. The number of hydrogen-bond acceptors (Lipinski definition) is 3. The number of Topliss-reactive ketones (excluding diaryl/α,β-unsaturated/α-hetero) is 1. The van der Waals surface area contributed by atoms with E-state index in [-0.39, 0.29) is 5.78 Å². The van der Waals surface area contributed by atoms with Gasteiger partial charge in [-0.2, -0.15) is 0 Å². The Labute approximate surface area is 102 Å². The number of hydrogen-bond donors (Lipinski definition) is 0. The van der Waals surface area contributed by atoms with E-state index in [1.54, 1.807) is 12.1 Å². The summed E-state index contributed by atoms with van der Waals surface area (Å²) in [5.74, 6) is 0.418. The predicted molar refractivity (Wildman–Crippen MR) is 65.7 cm³/mol. The minimum Gasteiger partial charge on any atom is -0.493 e. The fourth-order valence-electron chi connectivity index (χ4n) is 1.21. The Balaban J connectivity index is 3.31. The Kier molecular flexibility index (Phi) is 4.26. The lowest BCUT2D eigenvalue weighted by atomic mass is 10.1. The van der Waals surface area contributed by atoms with E-state index in [1.165, 1.54) is 6.92 Å². The lowest BCUT2D eigenvalue weighted by Gasteiger charge is -2.09. The van der Waals surface area contributed by atoms with Crippen LogP contribution in [0, 0.1) is 3.57 Å². The molecule has 0 fully saturated rings. The lowest BCUT2D eigenvalue weighted by molar-refractivity contribution is 0.101. The summed E-state index contributed by atoms with van der Waals surface area (Å²) in [7, 11) is 0. The number of ether oxygens (including phenoxy) is 1. The molecule has 0 aliphatic carbocycles. The summed E-state index contributed by atoms with van der Waals surface area (Å²) in [6.45, 7) is 3.79. The molecule has 0 atom stereocenters. The first-order valence-electron chi connectivity index (χ1n) is 4.52. The molecule has 0 aromatic heterocycles. The van der Waals surface area contributed by atoms with Gasteiger partial charge in [-0.25, -0.2) is 0 Å². The first kappa shape index (κ1) is 12.2. The van der Waals surface area contributed by atoms with Crippen molar-refractivity contribution in [3.8, 4) is 5.75 Å². The van der Waals surface area contributed by atoms with Gasteiger partial charge in [0.25, 0.3) is 0 Å². The van der Waals surface area contributed by atoms with E-state index in [1.807, 2.05) is 29.5 Å². The van der Waals surface area contributed by atoms with Crippen molar-refractivity contribution in [3.63, 3.8) is 0 Å². The van der Waals surface area contributed by atoms with Crippen LogP contribution in [0.3, 0.4) is 0 Å². The zero-order valence-corrected chi connectivity index (χ0v) is 10.7. The molecule has 0 saturated carbocycles. The summed E-state index contributed by atoms with van der Waals surface area (Å²) in [6.07, 6.45) is 0.758. The monoisotopic (exact) mass is 318 g/mol. The van der Waals surface area contributed by atoms with Gasteiger partial charge in [0.15, 0.2) is 12.1 Å². The number of benzene rings is 1. The fourth-order valence-corrected chi connectivity index (χ4v) is 1.80. The van der Waals surface area contributed by atoms with Crippen molar-refractivity contribution in [2.24, 2.45) is 0 Å². The molecule has 0 N–H and O–H groups in total. The average Bonchev–Trinajstić information content (AvgIpc) is 2.20. The van der Waals surface area contributed by atoms with Crippen LogP contribution in [0.2, 0.25) is 0 Å². The second kappa shape index (κ2) is 5.25. The summed E-state index contributed by atoms with van der Waals surface area (Å²) < 4.78 is 6.07. The van der Waals surface area contributed by atoms with E-state index in [0.29, 0.717) is 23.5 Å². The van der Waals surface area contributed by atoms with Gasteiger partial charge in [0.2, 0.25) is 0 Å². The average molecular weight is 318 g/mol. The molecule has 0 unspecified atom stereocenters. The van der Waals surface area contributed by atoms with Crippen molar-refractivity contribution in [2.75, 3.05) is 6.61 Å². The van der Waals surface area contributed by atoms with Gasteiger partial charge in [0.05, 0.1) is 12.2 Å². The molecule has 0 aliphatic heterocycles. The molecule has 0 aliphatic rings. The van der Waals surface area contributed by atoms with E-state index in [9.17, 15) is 9.59 Å². The van der Waals surface area contributed by atoms with Crippen LogP contribution in [-0.4, -0.2) is 18.7 Å². The number of carbonyl (C=O) groups excluding carboxylic acids is 2. The molecule has 0 radical (unpaired) electrons. The van der Waals surface area contributed by atoms with E-state index in [2.05, 4.69) is 0 Å². The molecule has 0 heterocycles. The van der Waals surface area contributed by atoms with Crippen LogP contribution in [-0.2, 0) is 0 Å². The second-order valence-electron chi connectivity index (χ2n) is 2.98. The van der Waals surface area contributed by atoms with Gasteiger partial charge in [0, 0.05) is 9.13 Å². The second-order valence-corrected chi connectivity index (χ2v) is 4.14. The first-order chi connectivity index (χ1) is 7.10. The first-order valence-corrected chi connectivity index (χ1v) is 5.60. The van der Waals surface area contributed by atoms with E-state index in [0.717, 1.165) is 9.86 Å². The molecule has 3 nitrogen and oxygen atoms in total. The highest BCUT2D eigenvalue weighted by molar-refractivity contribution is 14.1. The van der Waals surface area contributed by atoms with Gasteiger partial charge in [-0.3, -0.25) is 9.59 Å². The molecule has 0 amide bonds. The van der Waals surface area contributed by atoms with E-state index < -0.39 is 0 Å². The van der Waals surface area contributed by atoms with Gasteiger partial charge in [-0.15, -0.1) is 0 Å². The summed E-state index contributed by atoms with van der Waals surface area (Å²) in [4.78, 5) is 22.0. The van der Waals surface area contributed by atoms with Crippen LogP contribution >= 0.6 is 22.6 Å². The summed E-state index contributed by atoms with van der Waals surface area (Å²) in [6, 6.07) is 3.28. The topological polar surface area (TPSA) is 43.4 Å². The van der Waals surface area contributed by atoms with Crippen molar-refractivity contribution in [1.29, 1.82) is 0 Å². The molecule has 1 aromatic carbocycles. The number of ketones is 1. The SMILES string of the molecule is CCOc1cc(C=O)c(I)cc1C(C)=O. The molecule has 1 aromatic rings. The number of halogens is 1. The quantitative estimate of drug-likeness (QED) is 0.487. The largest absolute Gasteiger partial charge is 0.493 e. The molecule has 15 heavy (non-hydrogen) atoms. The summed E-state index contributed by atoms with van der Waals surface area (Å²) >= 11 is 2.03. The van der Waals surface area contributed by atoms with Crippen LogP contribution < -0.4 is 4.74 Å². The molecule has 1 rings (SSSR count). The van der Waals surface area contributed by atoms with Gasteiger partial charge >= 0.3 is 0 Å². The van der Waals surface area contributed by atoms with Crippen molar-refractivity contribution < 1.29 is 14.3 Å². The maximum atomic E-state index is 11.3. The van der Waals surface area contributed by atoms with Gasteiger partial charge in [0.1, 0.15) is 5.75 Å². The van der Waals surface area contributed by atoms with E-state index in [4.69, 9.17) is 4.74 Å². The van der Waals surface area contributed by atoms with Gasteiger partial charge in [-0.05, 0) is 48.6 Å². The van der Waals surface area contributed by atoms with Crippen molar-refractivity contribution in [3.05, 3.63) is 26.8 Å². The molecule has 80 valence electrons. The van der Waals surface area contributed by atoms with Crippen LogP contribution in [0.15, 0.2) is 12.1 Å². The van der Waals surface area contributed by atoms with Crippen LogP contribution in [0.4, 0.5) is 0 Å². The Hall–Kier alpha value is -0.910. The number of rotatable bonds is 4. The molecule has 0 bridgehead atoms. The zero-order valence-electron chi connectivity index (χ0n) is 8.54. The molecule has 0 saturated heterocycles. The normalized spacial score (nSPS) is 9.80. The van der Waals surface area contributed by atoms with Crippen molar-refractivity contribution >= 4 is 34.7 Å². The van der Waals surface area contributed by atoms with Crippen LogP contribution in [0.5, 0.6) is 5.75 Å². The summed E-state index contributed by atoms with van der Waals surface area (Å²) in [5.41, 5.74) is 1.07. The lowest BCUT2D eigenvalue weighted by Crippen LogP contribution is -2.03. The Morgan fingerprint density at radius 2 is 2.20 bits per heavy atom. The standard InChI is InChI=1S/C11H11IO3/c1-3-15-11-4-8(6-13)10(12)5-9(11)7(2)14/h4-6H,3H2,1-2H3. The van der Waals surface area contributed by atoms with E-state index >= 15 is 0 Å². The highest BCUT2D eigenvalue weighted by Gasteiger charge is 2.12. The predicted octanol–water partition coefficient (Wildman–Crippen LogP) is 2.71. The molecular formula is C11H11IO3. The highest BCUT2D eigenvalue weighted by Crippen LogP contribution is 2.24. The van der Waals surface area contributed by atoms with Crippen LogP contribution in [0.25, 0.3) is 0 Å². The van der Waals surface area contributed by atoms with Crippen LogP contribution in [0.1, 0.15) is 34.6 Å². The third kappa shape index (κ3) is 2.77. The Morgan fingerprint density at radius 1 is 1.53 bits per heavy atom. The number of aldehydes is 1. The third-order valence-corrected chi connectivity index (χ3v) is 2.84. The summed E-state index contributed by atoms with van der Waals surface area (Å²) in [5, 5.41) is 0. The Bertz CT molecular complexity index is 399. The molecule has 0 spiro atoms. The Morgan fingerprint density at radius 3 is 2.67 bits per heavy atom. The maximum absolute atomic E-state index is 11.3. The van der Waals surface area contributed by atoms with Gasteiger partial charge in [-0.1, -0.05) is 0 Å². The molecular weight excluding hydrogens is 307 g/mol. The van der Waals surface area contributed by atoms with Gasteiger partial charge < -0.3 is 4.74 Å². The maximum Gasteiger partial charge on any atom is 0.163 e. The minimum absolute atomic E-state index is 0.0613. The smallest absolute Gasteiger partial charge is 0.163 e. The van der Waals surface area contributed by atoms with Crippen molar-refractivity contribution in [1.82, 2.24) is 0 Å². The zero-order chi connectivity index (χ0) is 11.4. The van der Waals surface area contributed by atoms with Crippen molar-refractivity contribution in [2.45, 2.75) is 13.8 Å². The fraction of sp³-hybridized carbons (Fsp3) is 0.273. The minimum atomic E-state index is -0.0613. The highest BCUT2D eigenvalue weighted by atomic mass is 127. The third-order valence-electron chi connectivity index (χ3n) is 1.90.